The molecule has 0 spiro atoms. The van der Waals surface area contributed by atoms with Crippen molar-refractivity contribution >= 4 is 16.5 Å². The smallest absolute Gasteiger partial charge is 0.129 e. The van der Waals surface area contributed by atoms with Crippen LogP contribution in [0.2, 0.25) is 0 Å². The predicted molar refractivity (Wildman–Crippen MR) is 59.4 cm³/mol. The van der Waals surface area contributed by atoms with Crippen LogP contribution < -0.4 is 5.73 Å². The Kier molecular flexibility index (Phi) is 4.71. The van der Waals surface area contributed by atoms with Crippen molar-refractivity contribution in [3.05, 3.63) is 29.6 Å². The van der Waals surface area contributed by atoms with Crippen molar-refractivity contribution in [3.63, 3.8) is 0 Å². The van der Waals surface area contributed by atoms with Crippen LogP contribution in [0.25, 0.3) is 0 Å². The van der Waals surface area contributed by atoms with Gasteiger partial charge in [-0.05, 0) is 12.1 Å². The van der Waals surface area contributed by atoms with E-state index >= 15 is 0 Å². The van der Waals surface area contributed by atoms with E-state index in [1.165, 1.54) is 6.07 Å². The standard InChI is InChI=1S/C10H14FNO2S/c1-14-4-5-15(13)7-8-2-3-9(12)6-10(8)11/h2-3,6H,4-5,7,12H2,1H3. The molecule has 0 fully saturated rings. The van der Waals surface area contributed by atoms with Crippen molar-refractivity contribution in [2.75, 3.05) is 25.2 Å². The number of benzene rings is 1. The number of halogens is 1. The first-order valence-corrected chi connectivity index (χ1v) is 6.00. The number of rotatable bonds is 5. The SMILES string of the molecule is COCCS(=O)Cc1ccc(N)cc1F. The summed E-state index contributed by atoms with van der Waals surface area (Å²) in [4.78, 5) is 0. The molecule has 0 saturated heterocycles. The Balaban J connectivity index is 2.60. The van der Waals surface area contributed by atoms with E-state index in [1.54, 1.807) is 19.2 Å². The van der Waals surface area contributed by atoms with Gasteiger partial charge in [0, 0.05) is 34.9 Å². The molecule has 1 unspecified atom stereocenters. The average Bonchev–Trinajstić information content (AvgIpc) is 2.19. The minimum atomic E-state index is -1.09. The lowest BCUT2D eigenvalue weighted by Gasteiger charge is -2.04. The summed E-state index contributed by atoms with van der Waals surface area (Å²) in [7, 11) is 0.449. The Hall–Kier alpha value is -0.940. The molecule has 0 radical (unpaired) electrons. The molecule has 0 heterocycles. The minimum Gasteiger partial charge on any atom is -0.399 e. The Morgan fingerprint density at radius 2 is 2.27 bits per heavy atom. The molecular weight excluding hydrogens is 217 g/mol. The van der Waals surface area contributed by atoms with Crippen LogP contribution in [0.4, 0.5) is 10.1 Å². The van der Waals surface area contributed by atoms with Gasteiger partial charge in [-0.3, -0.25) is 4.21 Å². The number of nitrogen functional groups attached to an aromatic ring is 1. The third-order valence-electron chi connectivity index (χ3n) is 1.91. The summed E-state index contributed by atoms with van der Waals surface area (Å²) in [5, 5.41) is 0. The Labute approximate surface area is 90.9 Å². The number of anilines is 1. The van der Waals surface area contributed by atoms with Gasteiger partial charge in [0.2, 0.25) is 0 Å². The molecule has 0 amide bonds. The van der Waals surface area contributed by atoms with E-state index in [2.05, 4.69) is 0 Å². The summed E-state index contributed by atoms with van der Waals surface area (Å²) < 4.78 is 29.5. The highest BCUT2D eigenvalue weighted by Gasteiger charge is 2.06. The number of hydrogen-bond donors (Lipinski definition) is 1. The van der Waals surface area contributed by atoms with Crippen LogP contribution in [0.1, 0.15) is 5.56 Å². The predicted octanol–water partition coefficient (Wildman–Crippen LogP) is 1.30. The fraction of sp³-hybridized carbons (Fsp3) is 0.400. The molecule has 3 nitrogen and oxygen atoms in total. The number of ether oxygens (including phenoxy) is 1. The third kappa shape index (κ3) is 3.97. The molecule has 1 aromatic carbocycles. The second-order valence-corrected chi connectivity index (χ2v) is 4.71. The highest BCUT2D eigenvalue weighted by Crippen LogP contribution is 2.13. The minimum absolute atomic E-state index is 0.204. The van der Waals surface area contributed by atoms with Crippen molar-refractivity contribution in [1.29, 1.82) is 0 Å². The lowest BCUT2D eigenvalue weighted by molar-refractivity contribution is 0.218. The Morgan fingerprint density at radius 1 is 1.53 bits per heavy atom. The van der Waals surface area contributed by atoms with Crippen LogP contribution >= 0.6 is 0 Å². The topological polar surface area (TPSA) is 52.3 Å². The van der Waals surface area contributed by atoms with E-state index in [0.29, 0.717) is 23.6 Å². The highest BCUT2D eigenvalue weighted by atomic mass is 32.2. The van der Waals surface area contributed by atoms with Crippen LogP contribution in [-0.4, -0.2) is 23.7 Å². The lowest BCUT2D eigenvalue weighted by Crippen LogP contribution is -2.07. The first-order valence-electron chi connectivity index (χ1n) is 4.51. The van der Waals surface area contributed by atoms with Gasteiger partial charge in [0.15, 0.2) is 0 Å². The molecule has 84 valence electrons. The first kappa shape index (κ1) is 12.1. The zero-order valence-corrected chi connectivity index (χ0v) is 9.35. The van der Waals surface area contributed by atoms with Crippen LogP contribution in [0.3, 0.4) is 0 Å². The van der Waals surface area contributed by atoms with Gasteiger partial charge in [0.25, 0.3) is 0 Å². The highest BCUT2D eigenvalue weighted by molar-refractivity contribution is 7.84. The molecule has 0 aliphatic heterocycles. The normalized spacial score (nSPS) is 12.7. The lowest BCUT2D eigenvalue weighted by atomic mass is 10.2. The molecule has 0 aliphatic rings. The molecule has 2 N–H and O–H groups in total. The van der Waals surface area contributed by atoms with E-state index in [9.17, 15) is 8.60 Å². The summed E-state index contributed by atoms with van der Waals surface area (Å²) in [6, 6.07) is 4.41. The largest absolute Gasteiger partial charge is 0.399 e. The van der Waals surface area contributed by atoms with Gasteiger partial charge in [-0.2, -0.15) is 0 Å². The fourth-order valence-electron chi connectivity index (χ4n) is 1.10. The van der Waals surface area contributed by atoms with Gasteiger partial charge in [-0.1, -0.05) is 6.07 Å². The summed E-state index contributed by atoms with van der Waals surface area (Å²) in [5.41, 5.74) is 6.21. The Bertz CT molecular complexity index is 357. The van der Waals surface area contributed by atoms with Gasteiger partial charge in [-0.25, -0.2) is 4.39 Å². The molecule has 0 bridgehead atoms. The second kappa shape index (κ2) is 5.82. The molecule has 1 aromatic rings. The maximum absolute atomic E-state index is 13.3. The second-order valence-electron chi connectivity index (χ2n) is 3.13. The van der Waals surface area contributed by atoms with Crippen LogP contribution in [-0.2, 0) is 21.3 Å². The van der Waals surface area contributed by atoms with Crippen molar-refractivity contribution in [2.45, 2.75) is 5.75 Å². The van der Waals surface area contributed by atoms with Gasteiger partial charge in [-0.15, -0.1) is 0 Å². The van der Waals surface area contributed by atoms with E-state index in [4.69, 9.17) is 10.5 Å². The van der Waals surface area contributed by atoms with Gasteiger partial charge in [0.1, 0.15) is 5.82 Å². The molecule has 1 rings (SSSR count). The summed E-state index contributed by atoms with van der Waals surface area (Å²) in [6.07, 6.45) is 0. The van der Waals surface area contributed by atoms with E-state index < -0.39 is 16.6 Å². The van der Waals surface area contributed by atoms with E-state index in [1.807, 2.05) is 0 Å². The van der Waals surface area contributed by atoms with Crippen LogP contribution in [0.5, 0.6) is 0 Å². The summed E-state index contributed by atoms with van der Waals surface area (Å²) >= 11 is 0. The average molecular weight is 231 g/mol. The van der Waals surface area contributed by atoms with Crippen molar-refractivity contribution < 1.29 is 13.3 Å². The Morgan fingerprint density at radius 3 is 2.87 bits per heavy atom. The number of nitrogens with two attached hydrogens (primary N) is 1. The zero-order chi connectivity index (χ0) is 11.3. The molecule has 5 heteroatoms. The number of hydrogen-bond acceptors (Lipinski definition) is 3. The maximum Gasteiger partial charge on any atom is 0.129 e. The monoisotopic (exact) mass is 231 g/mol. The zero-order valence-electron chi connectivity index (χ0n) is 8.53. The number of methoxy groups -OCH3 is 1. The van der Waals surface area contributed by atoms with Crippen molar-refractivity contribution in [2.24, 2.45) is 0 Å². The molecule has 15 heavy (non-hydrogen) atoms. The van der Waals surface area contributed by atoms with Gasteiger partial charge >= 0.3 is 0 Å². The third-order valence-corrected chi connectivity index (χ3v) is 3.16. The molecule has 1 atom stereocenters. The molecule has 0 aliphatic carbocycles. The molecule has 0 aromatic heterocycles. The van der Waals surface area contributed by atoms with Crippen LogP contribution in [0.15, 0.2) is 18.2 Å². The molecular formula is C10H14FNO2S. The first-order chi connectivity index (χ1) is 7.13. The van der Waals surface area contributed by atoms with Crippen molar-refractivity contribution in [1.82, 2.24) is 0 Å². The van der Waals surface area contributed by atoms with Gasteiger partial charge < -0.3 is 10.5 Å². The van der Waals surface area contributed by atoms with Gasteiger partial charge in [0.05, 0.1) is 12.4 Å². The maximum atomic E-state index is 13.3. The quantitative estimate of drug-likeness (QED) is 0.777. The summed E-state index contributed by atoms with van der Waals surface area (Å²) in [6.45, 7) is 0.420. The van der Waals surface area contributed by atoms with E-state index in [-0.39, 0.29) is 5.75 Å². The van der Waals surface area contributed by atoms with Crippen molar-refractivity contribution in [3.8, 4) is 0 Å². The fourth-order valence-corrected chi connectivity index (χ4v) is 2.18. The molecule has 0 saturated carbocycles. The summed E-state index contributed by atoms with van der Waals surface area (Å²) in [5.74, 6) is 0.219. The van der Waals surface area contributed by atoms with E-state index in [0.717, 1.165) is 0 Å². The van der Waals surface area contributed by atoms with Crippen LogP contribution in [0, 0.1) is 5.82 Å².